The van der Waals surface area contributed by atoms with Gasteiger partial charge in [-0.3, -0.25) is 4.79 Å². The minimum absolute atomic E-state index is 0.287. The third kappa shape index (κ3) is 4.72. The summed E-state index contributed by atoms with van der Waals surface area (Å²) in [4.78, 5) is 23.9. The second-order valence-corrected chi connectivity index (χ2v) is 6.94. The van der Waals surface area contributed by atoms with Crippen LogP contribution in [0, 0.1) is 11.3 Å². The summed E-state index contributed by atoms with van der Waals surface area (Å²) in [5.41, 5.74) is -0.986. The van der Waals surface area contributed by atoms with Crippen LogP contribution < -0.4 is 0 Å². The van der Waals surface area contributed by atoms with E-state index in [4.69, 9.17) is 9.47 Å². The minimum atomic E-state index is -0.556. The number of carbonyl (C=O) groups is 2. The molecule has 0 aromatic rings. The maximum atomic E-state index is 12.0. The van der Waals surface area contributed by atoms with Crippen molar-refractivity contribution in [1.82, 2.24) is 0 Å². The van der Waals surface area contributed by atoms with Gasteiger partial charge in [-0.25, -0.2) is 4.79 Å². The fourth-order valence-electron chi connectivity index (χ4n) is 2.73. The van der Waals surface area contributed by atoms with Crippen LogP contribution in [0.4, 0.5) is 0 Å². The summed E-state index contributed by atoms with van der Waals surface area (Å²) in [6.07, 6.45) is 6.10. The Morgan fingerprint density at radius 2 is 1.62 bits per heavy atom. The van der Waals surface area contributed by atoms with Crippen LogP contribution in [0.15, 0.2) is 0 Å². The molecule has 1 rings (SSSR count). The van der Waals surface area contributed by atoms with Gasteiger partial charge in [-0.05, 0) is 52.4 Å². The molecule has 0 saturated heterocycles. The van der Waals surface area contributed by atoms with Crippen LogP contribution in [-0.4, -0.2) is 24.1 Å². The molecule has 0 heterocycles. The summed E-state index contributed by atoms with van der Waals surface area (Å²) in [5.74, 6) is -0.359. The fraction of sp³-hybridized carbons (Fsp3) is 0.882. The van der Waals surface area contributed by atoms with Crippen molar-refractivity contribution >= 4 is 11.9 Å². The van der Waals surface area contributed by atoms with E-state index in [1.165, 1.54) is 12.8 Å². The standard InChI is InChI=1S/C17H30O4/c1-6-16(3,4)15(19)20-12-14(18)21-17(5,7-2)13-10-8-9-11-13/h13H,6-12H2,1-5H3. The molecule has 0 spiro atoms. The summed E-state index contributed by atoms with van der Waals surface area (Å²) in [7, 11) is 0. The van der Waals surface area contributed by atoms with E-state index in [1.807, 2.05) is 34.6 Å². The Bertz CT molecular complexity index is 369. The van der Waals surface area contributed by atoms with E-state index in [1.54, 1.807) is 0 Å². The zero-order chi connectivity index (χ0) is 16.1. The zero-order valence-electron chi connectivity index (χ0n) is 14.2. The molecule has 0 amide bonds. The highest BCUT2D eigenvalue weighted by Gasteiger charge is 2.38. The average Bonchev–Trinajstić information content (AvgIpc) is 2.99. The number of esters is 2. The zero-order valence-corrected chi connectivity index (χ0v) is 14.2. The van der Waals surface area contributed by atoms with Gasteiger partial charge in [0.15, 0.2) is 6.61 Å². The summed E-state index contributed by atoms with van der Waals surface area (Å²) < 4.78 is 10.8. The van der Waals surface area contributed by atoms with Gasteiger partial charge in [0.1, 0.15) is 5.60 Å². The van der Waals surface area contributed by atoms with Gasteiger partial charge in [-0.15, -0.1) is 0 Å². The van der Waals surface area contributed by atoms with E-state index >= 15 is 0 Å². The van der Waals surface area contributed by atoms with Crippen molar-refractivity contribution in [1.29, 1.82) is 0 Å². The third-order valence-electron chi connectivity index (χ3n) is 5.03. The molecular formula is C17H30O4. The van der Waals surface area contributed by atoms with Crippen LogP contribution in [0.5, 0.6) is 0 Å². The molecule has 0 aromatic carbocycles. The highest BCUT2D eigenvalue weighted by atomic mass is 16.6. The summed E-state index contributed by atoms with van der Waals surface area (Å²) in [6, 6.07) is 0. The molecule has 1 fully saturated rings. The molecule has 1 saturated carbocycles. The molecule has 1 aliphatic rings. The summed E-state index contributed by atoms with van der Waals surface area (Å²) in [5, 5.41) is 0. The number of ether oxygens (including phenoxy) is 2. The summed E-state index contributed by atoms with van der Waals surface area (Å²) >= 11 is 0. The smallest absolute Gasteiger partial charge is 0.344 e. The highest BCUT2D eigenvalue weighted by molar-refractivity contribution is 5.79. The monoisotopic (exact) mass is 298 g/mol. The molecule has 0 aromatic heterocycles. The van der Waals surface area contributed by atoms with Crippen LogP contribution in [0.2, 0.25) is 0 Å². The molecule has 0 radical (unpaired) electrons. The van der Waals surface area contributed by atoms with Crippen LogP contribution in [-0.2, 0) is 19.1 Å². The van der Waals surface area contributed by atoms with Crippen molar-refractivity contribution < 1.29 is 19.1 Å². The van der Waals surface area contributed by atoms with Gasteiger partial charge in [-0.2, -0.15) is 0 Å². The Kier molecular flexibility index (Phi) is 6.24. The third-order valence-corrected chi connectivity index (χ3v) is 5.03. The van der Waals surface area contributed by atoms with E-state index in [2.05, 4.69) is 0 Å². The van der Waals surface area contributed by atoms with Crippen molar-refractivity contribution in [3.05, 3.63) is 0 Å². The topological polar surface area (TPSA) is 52.6 Å². The van der Waals surface area contributed by atoms with Gasteiger partial charge >= 0.3 is 11.9 Å². The van der Waals surface area contributed by atoms with E-state index in [0.717, 1.165) is 19.3 Å². The largest absolute Gasteiger partial charge is 0.457 e. The molecule has 1 unspecified atom stereocenters. The number of hydrogen-bond donors (Lipinski definition) is 0. The van der Waals surface area contributed by atoms with Gasteiger partial charge in [0.05, 0.1) is 5.41 Å². The lowest BCUT2D eigenvalue weighted by atomic mass is 9.85. The van der Waals surface area contributed by atoms with Crippen LogP contribution in [0.3, 0.4) is 0 Å². The Balaban J connectivity index is 2.50. The first-order chi connectivity index (χ1) is 9.75. The number of carbonyl (C=O) groups excluding carboxylic acids is 2. The fourth-order valence-corrected chi connectivity index (χ4v) is 2.73. The van der Waals surface area contributed by atoms with Crippen molar-refractivity contribution in [3.8, 4) is 0 Å². The highest BCUT2D eigenvalue weighted by Crippen LogP contribution is 2.38. The first kappa shape index (κ1) is 18.0. The Morgan fingerprint density at radius 1 is 1.05 bits per heavy atom. The molecular weight excluding hydrogens is 268 g/mol. The molecule has 0 N–H and O–H groups in total. The first-order valence-corrected chi connectivity index (χ1v) is 8.14. The Morgan fingerprint density at radius 3 is 2.10 bits per heavy atom. The van der Waals surface area contributed by atoms with Gasteiger partial charge in [0.2, 0.25) is 0 Å². The van der Waals surface area contributed by atoms with Crippen molar-refractivity contribution in [2.75, 3.05) is 6.61 Å². The van der Waals surface area contributed by atoms with E-state index in [9.17, 15) is 9.59 Å². The van der Waals surface area contributed by atoms with Crippen molar-refractivity contribution in [3.63, 3.8) is 0 Å². The minimum Gasteiger partial charge on any atom is -0.457 e. The van der Waals surface area contributed by atoms with Gasteiger partial charge < -0.3 is 9.47 Å². The van der Waals surface area contributed by atoms with Crippen LogP contribution in [0.1, 0.15) is 73.1 Å². The molecule has 1 atom stereocenters. The van der Waals surface area contributed by atoms with Gasteiger partial charge in [0, 0.05) is 0 Å². The second-order valence-electron chi connectivity index (χ2n) is 6.94. The van der Waals surface area contributed by atoms with E-state index < -0.39 is 17.0 Å². The van der Waals surface area contributed by atoms with Crippen molar-refractivity contribution in [2.24, 2.45) is 11.3 Å². The van der Waals surface area contributed by atoms with Gasteiger partial charge in [0.25, 0.3) is 0 Å². The Hall–Kier alpha value is -1.06. The average molecular weight is 298 g/mol. The lowest BCUT2D eigenvalue weighted by Crippen LogP contribution is -2.39. The SMILES string of the molecule is CCC(C)(C)C(=O)OCC(=O)OC(C)(CC)C1CCCC1. The summed E-state index contributed by atoms with van der Waals surface area (Å²) in [6.45, 7) is 9.31. The van der Waals surface area contributed by atoms with E-state index in [-0.39, 0.29) is 12.6 Å². The molecule has 4 heteroatoms. The van der Waals surface area contributed by atoms with E-state index in [0.29, 0.717) is 12.3 Å². The number of hydrogen-bond acceptors (Lipinski definition) is 4. The quantitative estimate of drug-likeness (QED) is 0.670. The van der Waals surface area contributed by atoms with Crippen LogP contribution in [0.25, 0.3) is 0 Å². The van der Waals surface area contributed by atoms with Gasteiger partial charge in [-0.1, -0.05) is 26.7 Å². The Labute approximate surface area is 128 Å². The molecule has 21 heavy (non-hydrogen) atoms. The predicted octanol–water partition coefficient (Wildman–Crippen LogP) is 3.87. The van der Waals surface area contributed by atoms with Crippen molar-refractivity contribution in [2.45, 2.75) is 78.7 Å². The maximum Gasteiger partial charge on any atom is 0.344 e. The molecule has 0 bridgehead atoms. The second kappa shape index (κ2) is 7.28. The molecule has 122 valence electrons. The normalized spacial score (nSPS) is 19.1. The molecule has 0 aliphatic heterocycles. The lowest BCUT2D eigenvalue weighted by molar-refractivity contribution is -0.176. The molecule has 4 nitrogen and oxygen atoms in total. The van der Waals surface area contributed by atoms with Crippen LogP contribution >= 0.6 is 0 Å². The maximum absolute atomic E-state index is 12.0. The number of rotatable bonds is 7. The lowest BCUT2D eigenvalue weighted by Gasteiger charge is -2.34. The predicted molar refractivity (Wildman–Crippen MR) is 81.8 cm³/mol. The molecule has 1 aliphatic carbocycles. The first-order valence-electron chi connectivity index (χ1n) is 8.14.